The Labute approximate surface area is 139 Å². The Morgan fingerprint density at radius 3 is 1.52 bits per heavy atom. The average molecular weight is 367 g/mol. The lowest BCUT2D eigenvalue weighted by molar-refractivity contribution is -0.384. The minimum Gasteiger partial charge on any atom is -0.497 e. The van der Waals surface area contributed by atoms with E-state index in [1.807, 2.05) is 0 Å². The van der Waals surface area contributed by atoms with Gasteiger partial charge in [-0.3, -0.25) is 10.1 Å². The Morgan fingerprint density at radius 2 is 1.20 bits per heavy atom. The van der Waals surface area contributed by atoms with Gasteiger partial charge in [0.05, 0.1) is 19.1 Å². The van der Waals surface area contributed by atoms with Gasteiger partial charge in [0.2, 0.25) is 29.1 Å². The van der Waals surface area contributed by atoms with E-state index in [1.54, 1.807) is 12.1 Å². The van der Waals surface area contributed by atoms with Crippen LogP contribution in [0.1, 0.15) is 7.43 Å². The van der Waals surface area contributed by atoms with Gasteiger partial charge in [0.1, 0.15) is 5.75 Å². The SMILES string of the molecule is C.COc1c(F)c(F)c(F)c(F)c1F.COc1ccc([N+](=O)[O-])cc1. The lowest BCUT2D eigenvalue weighted by Crippen LogP contribution is -2.04. The second kappa shape index (κ2) is 9.40. The molecular formula is C15H14F5NO4. The van der Waals surface area contributed by atoms with Crippen LogP contribution in [-0.4, -0.2) is 19.1 Å². The topological polar surface area (TPSA) is 61.6 Å². The van der Waals surface area contributed by atoms with Crippen molar-refractivity contribution in [3.05, 3.63) is 63.5 Å². The standard InChI is InChI=1S/C7H3F5O.C7H7NO3.CH4/c1-13-7-5(11)3(9)2(8)4(10)6(7)12;1-11-7-4-2-6(3-5-7)8(9)10;/h1H3;2-5H,1H3;1H4. The first-order chi connectivity index (χ1) is 11.2. The van der Waals surface area contributed by atoms with Crippen LogP contribution in [0.25, 0.3) is 0 Å². The Morgan fingerprint density at radius 1 is 0.800 bits per heavy atom. The number of hydrogen-bond acceptors (Lipinski definition) is 4. The highest BCUT2D eigenvalue weighted by Gasteiger charge is 2.26. The first-order valence-electron chi connectivity index (χ1n) is 6.08. The van der Waals surface area contributed by atoms with Crippen molar-refractivity contribution in [3.63, 3.8) is 0 Å². The van der Waals surface area contributed by atoms with Crippen LogP contribution >= 0.6 is 0 Å². The number of rotatable bonds is 3. The minimum absolute atomic E-state index is 0. The van der Waals surface area contributed by atoms with E-state index in [1.165, 1.54) is 19.2 Å². The number of halogens is 5. The molecule has 0 N–H and O–H groups in total. The molecule has 0 aliphatic heterocycles. The molecule has 10 heteroatoms. The average Bonchev–Trinajstić information content (AvgIpc) is 2.59. The number of non-ortho nitro benzene ring substituents is 1. The third-order valence-corrected chi connectivity index (χ3v) is 2.66. The molecule has 0 bridgehead atoms. The van der Waals surface area contributed by atoms with Crippen molar-refractivity contribution >= 4 is 5.69 Å². The quantitative estimate of drug-likeness (QED) is 0.261. The Bertz CT molecular complexity index is 709. The van der Waals surface area contributed by atoms with Crippen LogP contribution in [0.15, 0.2) is 24.3 Å². The zero-order chi connectivity index (χ0) is 18.4. The fourth-order valence-corrected chi connectivity index (χ4v) is 1.47. The Kier molecular flexibility index (Phi) is 8.31. The number of nitrogens with zero attached hydrogens (tertiary/aromatic N) is 1. The monoisotopic (exact) mass is 367 g/mol. The largest absolute Gasteiger partial charge is 0.497 e. The molecule has 2 aromatic carbocycles. The first-order valence-corrected chi connectivity index (χ1v) is 6.08. The zero-order valence-electron chi connectivity index (χ0n) is 12.3. The Balaban J connectivity index is 0.000000449. The van der Waals surface area contributed by atoms with Gasteiger partial charge in [-0.1, -0.05) is 7.43 Å². The first kappa shape index (κ1) is 22.1. The molecule has 0 aromatic heterocycles. The maximum atomic E-state index is 12.6. The third-order valence-electron chi connectivity index (χ3n) is 2.66. The van der Waals surface area contributed by atoms with Crippen LogP contribution in [0.2, 0.25) is 0 Å². The van der Waals surface area contributed by atoms with Gasteiger partial charge in [0.15, 0.2) is 5.75 Å². The van der Waals surface area contributed by atoms with Gasteiger partial charge in [-0.15, -0.1) is 0 Å². The van der Waals surface area contributed by atoms with Gasteiger partial charge in [0.25, 0.3) is 5.69 Å². The van der Waals surface area contributed by atoms with E-state index in [0.717, 1.165) is 7.11 Å². The fraction of sp³-hybridized carbons (Fsp3) is 0.200. The van der Waals surface area contributed by atoms with Crippen LogP contribution in [0, 0.1) is 39.2 Å². The summed E-state index contributed by atoms with van der Waals surface area (Å²) in [5.74, 6) is -10.8. The molecule has 0 atom stereocenters. The second-order valence-corrected chi connectivity index (χ2v) is 4.06. The van der Waals surface area contributed by atoms with Crippen LogP contribution in [0.5, 0.6) is 11.5 Å². The van der Waals surface area contributed by atoms with E-state index in [2.05, 4.69) is 4.74 Å². The molecule has 0 heterocycles. The van der Waals surface area contributed by atoms with Crippen molar-refractivity contribution in [1.82, 2.24) is 0 Å². The summed E-state index contributed by atoms with van der Waals surface area (Å²) in [6.45, 7) is 0. The van der Waals surface area contributed by atoms with E-state index >= 15 is 0 Å². The highest BCUT2D eigenvalue weighted by molar-refractivity contribution is 5.35. The molecule has 0 saturated carbocycles. The van der Waals surface area contributed by atoms with Gasteiger partial charge in [-0.05, 0) is 12.1 Å². The molecule has 138 valence electrons. The molecule has 2 aromatic rings. The summed E-state index contributed by atoms with van der Waals surface area (Å²) >= 11 is 0. The summed E-state index contributed by atoms with van der Waals surface area (Å²) in [7, 11) is 2.32. The van der Waals surface area contributed by atoms with Crippen molar-refractivity contribution < 1.29 is 36.3 Å². The summed E-state index contributed by atoms with van der Waals surface area (Å²) in [6, 6.07) is 5.91. The highest BCUT2D eigenvalue weighted by Crippen LogP contribution is 2.28. The van der Waals surface area contributed by atoms with Crippen molar-refractivity contribution in [2.45, 2.75) is 7.43 Å². The molecule has 0 radical (unpaired) electrons. The van der Waals surface area contributed by atoms with Crippen LogP contribution in [-0.2, 0) is 0 Å². The summed E-state index contributed by atoms with van der Waals surface area (Å²) in [4.78, 5) is 9.72. The molecule has 0 aliphatic carbocycles. The minimum atomic E-state index is -2.20. The van der Waals surface area contributed by atoms with E-state index in [4.69, 9.17) is 4.74 Å². The molecule has 2 rings (SSSR count). The summed E-state index contributed by atoms with van der Waals surface area (Å²) in [5, 5.41) is 10.2. The van der Waals surface area contributed by atoms with Gasteiger partial charge >= 0.3 is 0 Å². The number of nitro groups is 1. The lowest BCUT2D eigenvalue weighted by atomic mass is 10.3. The predicted octanol–water partition coefficient (Wildman–Crippen LogP) is 4.63. The summed E-state index contributed by atoms with van der Waals surface area (Å²) in [6.07, 6.45) is 0. The normalized spacial score (nSPS) is 9.40. The van der Waals surface area contributed by atoms with Gasteiger partial charge in [-0.25, -0.2) is 13.2 Å². The van der Waals surface area contributed by atoms with Crippen molar-refractivity contribution in [3.8, 4) is 11.5 Å². The van der Waals surface area contributed by atoms with E-state index in [-0.39, 0.29) is 13.1 Å². The molecule has 0 saturated heterocycles. The second-order valence-electron chi connectivity index (χ2n) is 4.06. The maximum Gasteiger partial charge on any atom is 0.269 e. The molecule has 0 spiro atoms. The van der Waals surface area contributed by atoms with Gasteiger partial charge in [-0.2, -0.15) is 8.78 Å². The number of benzene rings is 2. The zero-order valence-corrected chi connectivity index (χ0v) is 12.3. The van der Waals surface area contributed by atoms with Crippen molar-refractivity contribution in [2.24, 2.45) is 0 Å². The van der Waals surface area contributed by atoms with E-state index in [9.17, 15) is 32.1 Å². The molecule has 0 fully saturated rings. The molecule has 0 amide bonds. The van der Waals surface area contributed by atoms with Gasteiger partial charge < -0.3 is 9.47 Å². The summed E-state index contributed by atoms with van der Waals surface area (Å²) < 4.78 is 71.0. The molecule has 0 aliphatic rings. The smallest absolute Gasteiger partial charge is 0.269 e. The van der Waals surface area contributed by atoms with Crippen molar-refractivity contribution in [1.29, 1.82) is 0 Å². The molecule has 5 nitrogen and oxygen atoms in total. The van der Waals surface area contributed by atoms with E-state index in [0.29, 0.717) is 5.75 Å². The van der Waals surface area contributed by atoms with Crippen LogP contribution < -0.4 is 9.47 Å². The number of hydrogen-bond donors (Lipinski definition) is 0. The predicted molar refractivity (Wildman–Crippen MR) is 79.2 cm³/mol. The maximum absolute atomic E-state index is 12.6. The summed E-state index contributed by atoms with van der Waals surface area (Å²) in [5.41, 5.74) is 0.0748. The lowest BCUT2D eigenvalue weighted by Gasteiger charge is -2.05. The molecule has 0 unspecified atom stereocenters. The molecular weight excluding hydrogens is 353 g/mol. The van der Waals surface area contributed by atoms with Crippen molar-refractivity contribution in [2.75, 3.05) is 14.2 Å². The van der Waals surface area contributed by atoms with Crippen LogP contribution in [0.4, 0.5) is 27.6 Å². The number of nitro benzene ring substituents is 1. The van der Waals surface area contributed by atoms with Gasteiger partial charge in [0, 0.05) is 12.1 Å². The highest BCUT2D eigenvalue weighted by atomic mass is 19.2. The third kappa shape index (κ3) is 5.03. The Hall–Kier alpha value is -2.91. The number of methoxy groups -OCH3 is 2. The number of ether oxygens (including phenoxy) is 2. The fourth-order valence-electron chi connectivity index (χ4n) is 1.47. The van der Waals surface area contributed by atoms with Crippen LogP contribution in [0.3, 0.4) is 0 Å². The molecule has 25 heavy (non-hydrogen) atoms. The van der Waals surface area contributed by atoms with E-state index < -0.39 is 39.8 Å².